The molecule has 3 aromatic rings. The molecule has 1 saturated heterocycles. The van der Waals surface area contributed by atoms with Crippen molar-refractivity contribution in [1.29, 1.82) is 5.26 Å². The van der Waals surface area contributed by atoms with E-state index in [2.05, 4.69) is 109 Å². The van der Waals surface area contributed by atoms with Gasteiger partial charge in [-0.2, -0.15) is 5.26 Å². The van der Waals surface area contributed by atoms with E-state index in [4.69, 9.17) is 20.8 Å². The minimum atomic E-state index is -0.307. The second kappa shape index (κ2) is 18.9. The van der Waals surface area contributed by atoms with Crippen molar-refractivity contribution < 1.29 is 9.31 Å². The number of rotatable bonds is 12. The normalized spacial score (nSPS) is 13.9. The molecule has 0 amide bonds. The first-order valence-corrected chi connectivity index (χ1v) is 17.6. The molecular weight excluding hydrogens is 605 g/mol. The molecule has 0 bridgehead atoms. The molecular formula is C41H64BN5O2. The van der Waals surface area contributed by atoms with Crippen LogP contribution < -0.4 is 26.7 Å². The van der Waals surface area contributed by atoms with Crippen LogP contribution in [0.15, 0.2) is 60.7 Å². The molecule has 0 radical (unpaired) electrons. The zero-order valence-electron chi connectivity index (χ0n) is 31.2. The number of anilines is 4. The van der Waals surface area contributed by atoms with Gasteiger partial charge < -0.3 is 30.6 Å². The number of hydrogen-bond acceptors (Lipinski definition) is 7. The Hall–Kier alpha value is -3.67. The van der Waals surface area contributed by atoms with Crippen molar-refractivity contribution in [3.63, 3.8) is 0 Å². The molecule has 0 aromatic heterocycles. The molecule has 268 valence electrons. The molecule has 0 unspecified atom stereocenters. The van der Waals surface area contributed by atoms with E-state index in [9.17, 15) is 5.26 Å². The first-order valence-electron chi connectivity index (χ1n) is 17.6. The van der Waals surface area contributed by atoms with Crippen molar-refractivity contribution in [2.45, 2.75) is 76.7 Å². The number of nitriles is 1. The molecule has 8 heteroatoms. The number of nitrogen functional groups attached to an aromatic ring is 2. The van der Waals surface area contributed by atoms with E-state index < -0.39 is 0 Å². The van der Waals surface area contributed by atoms with E-state index in [1.54, 1.807) is 0 Å². The lowest BCUT2D eigenvalue weighted by Gasteiger charge is -2.33. The predicted molar refractivity (Wildman–Crippen MR) is 213 cm³/mol. The summed E-state index contributed by atoms with van der Waals surface area (Å²) in [6, 6.07) is 22.2. The van der Waals surface area contributed by atoms with Crippen LogP contribution in [0, 0.1) is 40.4 Å². The molecule has 0 spiro atoms. The largest absolute Gasteiger partial charge is 0.493 e. The maximum Gasteiger partial charge on any atom is 0.493 e. The fourth-order valence-corrected chi connectivity index (χ4v) is 6.04. The van der Waals surface area contributed by atoms with Crippen molar-refractivity contribution in [2.75, 3.05) is 60.7 Å². The highest BCUT2D eigenvalue weighted by Gasteiger charge is 2.33. The van der Waals surface area contributed by atoms with Crippen LogP contribution in [0.5, 0.6) is 0 Å². The summed E-state index contributed by atoms with van der Waals surface area (Å²) in [5, 5.41) is 9.30. The number of nitrogens with zero attached hydrogens (tertiary/aromatic N) is 3. The van der Waals surface area contributed by atoms with E-state index in [0.29, 0.717) is 42.4 Å². The summed E-state index contributed by atoms with van der Waals surface area (Å²) in [5.41, 5.74) is 20.2. The minimum absolute atomic E-state index is 0. The monoisotopic (exact) mass is 670 g/mol. The fraction of sp³-hybridized carbons (Fsp3) is 0.537. The van der Waals surface area contributed by atoms with Gasteiger partial charge >= 0.3 is 7.12 Å². The van der Waals surface area contributed by atoms with E-state index in [-0.39, 0.29) is 20.0 Å². The van der Waals surface area contributed by atoms with Crippen LogP contribution in [0.2, 0.25) is 0 Å². The van der Waals surface area contributed by atoms with Gasteiger partial charge in [0.2, 0.25) is 0 Å². The van der Waals surface area contributed by atoms with Crippen LogP contribution in [-0.4, -0.2) is 46.5 Å². The van der Waals surface area contributed by atoms with Gasteiger partial charge in [-0.1, -0.05) is 107 Å². The van der Waals surface area contributed by atoms with Crippen LogP contribution in [0.3, 0.4) is 0 Å². The van der Waals surface area contributed by atoms with Gasteiger partial charge in [-0.25, -0.2) is 0 Å². The molecule has 1 aliphatic heterocycles. The zero-order chi connectivity index (χ0) is 35.6. The van der Waals surface area contributed by atoms with Gasteiger partial charge in [0.25, 0.3) is 0 Å². The first-order chi connectivity index (χ1) is 22.6. The molecule has 1 aliphatic rings. The molecule has 7 nitrogen and oxygen atoms in total. The Morgan fingerprint density at radius 2 is 1.16 bits per heavy atom. The quantitative estimate of drug-likeness (QED) is 0.147. The summed E-state index contributed by atoms with van der Waals surface area (Å²) in [7, 11) is -0.307. The number of nitrogens with two attached hydrogens (primary N) is 2. The second-order valence-corrected chi connectivity index (χ2v) is 15.8. The van der Waals surface area contributed by atoms with E-state index >= 15 is 0 Å². The highest BCUT2D eigenvalue weighted by atomic mass is 16.6. The highest BCUT2D eigenvalue weighted by molar-refractivity contribution is 6.61. The smallest absolute Gasteiger partial charge is 0.407 e. The fourth-order valence-electron chi connectivity index (χ4n) is 6.04. The maximum absolute atomic E-state index is 9.30. The Morgan fingerprint density at radius 1 is 0.714 bits per heavy atom. The Bertz CT molecular complexity index is 1470. The van der Waals surface area contributed by atoms with Gasteiger partial charge in [0.15, 0.2) is 0 Å². The summed E-state index contributed by atoms with van der Waals surface area (Å²) in [6.45, 7) is 27.5. The van der Waals surface area contributed by atoms with Gasteiger partial charge in [0.1, 0.15) is 0 Å². The van der Waals surface area contributed by atoms with Gasteiger partial charge in [-0.15, -0.1) is 0 Å². The number of benzene rings is 3. The topological polar surface area (TPSA) is 101 Å². The van der Waals surface area contributed by atoms with Crippen molar-refractivity contribution >= 4 is 35.3 Å². The molecule has 0 atom stereocenters. The Morgan fingerprint density at radius 3 is 1.59 bits per heavy atom. The van der Waals surface area contributed by atoms with Crippen molar-refractivity contribution in [1.82, 2.24) is 0 Å². The highest BCUT2D eigenvalue weighted by Crippen LogP contribution is 2.32. The predicted octanol–water partition coefficient (Wildman–Crippen LogP) is 8.72. The van der Waals surface area contributed by atoms with E-state index in [0.717, 1.165) is 65.5 Å². The lowest BCUT2D eigenvalue weighted by Crippen LogP contribution is -2.47. The average Bonchev–Trinajstić information content (AvgIpc) is 2.99. The third kappa shape index (κ3) is 12.6. The minimum Gasteiger partial charge on any atom is -0.407 e. The lowest BCUT2D eigenvalue weighted by molar-refractivity contribution is 0.0343. The van der Waals surface area contributed by atoms with Crippen molar-refractivity contribution in [2.24, 2.45) is 29.1 Å². The molecule has 4 N–H and O–H groups in total. The summed E-state index contributed by atoms with van der Waals surface area (Å²) >= 11 is 0. The Balaban J connectivity index is 0.000000333. The number of hydrogen-bond donors (Lipinski definition) is 2. The SMILES string of the molecule is C.CC(C)CN(CC(C)C)c1ccc(-c2ccccc2C#N)cc1N.CC(C)CN(CC(C)C)c1ccc(B2OCC(C)(C)CO2)cc1N. The Labute approximate surface area is 299 Å². The molecule has 1 heterocycles. The molecule has 49 heavy (non-hydrogen) atoms. The second-order valence-electron chi connectivity index (χ2n) is 15.8. The van der Waals surface area contributed by atoms with Gasteiger partial charge in [-0.05, 0) is 70.6 Å². The maximum atomic E-state index is 9.30. The molecule has 4 rings (SSSR count). The van der Waals surface area contributed by atoms with E-state index in [1.807, 2.05) is 36.4 Å². The molecule has 1 fully saturated rings. The molecule has 0 saturated carbocycles. The summed E-state index contributed by atoms with van der Waals surface area (Å²) < 4.78 is 11.7. The average molecular weight is 670 g/mol. The summed E-state index contributed by atoms with van der Waals surface area (Å²) in [4.78, 5) is 4.75. The van der Waals surface area contributed by atoms with Crippen molar-refractivity contribution in [3.05, 3.63) is 66.2 Å². The third-order valence-electron chi connectivity index (χ3n) is 7.98. The summed E-state index contributed by atoms with van der Waals surface area (Å²) in [5.74, 6) is 2.33. The third-order valence-corrected chi connectivity index (χ3v) is 7.98. The van der Waals surface area contributed by atoms with Gasteiger partial charge in [-0.3, -0.25) is 0 Å². The summed E-state index contributed by atoms with van der Waals surface area (Å²) in [6.07, 6.45) is 0. The zero-order valence-corrected chi connectivity index (χ0v) is 31.2. The van der Waals surface area contributed by atoms with Crippen LogP contribution in [0.25, 0.3) is 11.1 Å². The standard InChI is InChI=1S/C21H27N3.C19H33BN2O2.CH4/c1-15(2)13-24(14-16(3)4)21-10-9-17(11-20(21)23)19-8-6-5-7-18(19)12-22;1-14(2)10-22(11-15(3)4)18-8-7-16(9-17(18)21)20-23-12-19(5,6)13-24-20;/h5-11,15-16H,13-14,23H2,1-4H3;7-9,14-15H,10-13,21H2,1-6H3;1H4. The van der Waals surface area contributed by atoms with Crippen LogP contribution in [0.4, 0.5) is 22.7 Å². The van der Waals surface area contributed by atoms with Gasteiger partial charge in [0, 0.05) is 44.8 Å². The van der Waals surface area contributed by atoms with Gasteiger partial charge in [0.05, 0.1) is 34.4 Å². The van der Waals surface area contributed by atoms with Crippen LogP contribution in [0.1, 0.15) is 82.2 Å². The molecule has 3 aromatic carbocycles. The molecule has 0 aliphatic carbocycles. The van der Waals surface area contributed by atoms with Crippen molar-refractivity contribution in [3.8, 4) is 17.2 Å². The lowest BCUT2D eigenvalue weighted by atomic mass is 9.75. The first kappa shape index (κ1) is 41.5. The van der Waals surface area contributed by atoms with Crippen LogP contribution in [-0.2, 0) is 9.31 Å². The Kier molecular flexibility index (Phi) is 16.0. The van der Waals surface area contributed by atoms with Crippen LogP contribution >= 0.6 is 0 Å². The van der Waals surface area contributed by atoms with E-state index in [1.165, 1.54) is 0 Å².